The number of hydrogen-bond acceptors (Lipinski definition) is 4. The number of nitrogens with zero attached hydrogens (tertiary/aromatic N) is 3. The number of hydrogen-bond donors (Lipinski definition) is 1. The summed E-state index contributed by atoms with van der Waals surface area (Å²) < 4.78 is 2.16. The highest BCUT2D eigenvalue weighted by Gasteiger charge is 2.56. The summed E-state index contributed by atoms with van der Waals surface area (Å²) in [5, 5.41) is 2.98. The van der Waals surface area contributed by atoms with Crippen LogP contribution in [-0.4, -0.2) is 45.0 Å². The van der Waals surface area contributed by atoms with E-state index in [2.05, 4.69) is 5.32 Å². The Labute approximate surface area is 180 Å². The molecule has 2 fully saturated rings. The second-order valence-corrected chi connectivity index (χ2v) is 8.90. The van der Waals surface area contributed by atoms with Gasteiger partial charge in [0.25, 0.3) is 11.5 Å². The maximum absolute atomic E-state index is 12.7. The third kappa shape index (κ3) is 4.06. The van der Waals surface area contributed by atoms with Crippen molar-refractivity contribution in [2.24, 2.45) is 19.5 Å². The summed E-state index contributed by atoms with van der Waals surface area (Å²) >= 11 is 0. The molecular weight excluding hydrogens is 396 g/mol. The monoisotopic (exact) mass is 424 g/mol. The minimum Gasteiger partial charge on any atom is -0.347 e. The third-order valence-electron chi connectivity index (χ3n) is 6.84. The molecule has 8 nitrogen and oxygen atoms in total. The molecule has 1 aliphatic carbocycles. The number of benzene rings is 1. The van der Waals surface area contributed by atoms with Gasteiger partial charge in [0.15, 0.2) is 0 Å². The molecule has 2 heterocycles. The zero-order valence-electron chi connectivity index (χ0n) is 18.2. The molecule has 1 aromatic heterocycles. The van der Waals surface area contributed by atoms with Crippen LogP contribution in [0.5, 0.6) is 0 Å². The quantitative estimate of drug-likeness (QED) is 0.784. The second kappa shape index (κ2) is 7.83. The topological polar surface area (TPSA) is 93.4 Å². The summed E-state index contributed by atoms with van der Waals surface area (Å²) in [6.07, 6.45) is 2.95. The second-order valence-electron chi connectivity index (χ2n) is 8.90. The van der Waals surface area contributed by atoms with Gasteiger partial charge in [-0.3, -0.25) is 23.5 Å². The largest absolute Gasteiger partial charge is 0.347 e. The minimum atomic E-state index is -0.524. The van der Waals surface area contributed by atoms with Crippen LogP contribution in [0.25, 0.3) is 0 Å². The van der Waals surface area contributed by atoms with Crippen LogP contribution in [0.1, 0.15) is 40.9 Å². The van der Waals surface area contributed by atoms with E-state index in [1.165, 1.54) is 30.3 Å². The molecule has 2 amide bonds. The van der Waals surface area contributed by atoms with Crippen molar-refractivity contribution in [3.05, 3.63) is 68.0 Å². The van der Waals surface area contributed by atoms with Gasteiger partial charge in [0.2, 0.25) is 5.91 Å². The zero-order chi connectivity index (χ0) is 22.3. The molecule has 1 atom stereocenters. The van der Waals surface area contributed by atoms with Gasteiger partial charge in [0.05, 0.1) is 6.42 Å². The Balaban J connectivity index is 1.33. The lowest BCUT2D eigenvalue weighted by atomic mass is 9.92. The summed E-state index contributed by atoms with van der Waals surface area (Å²) in [5.41, 5.74) is 1.25. The van der Waals surface area contributed by atoms with Gasteiger partial charge in [-0.25, -0.2) is 4.79 Å². The van der Waals surface area contributed by atoms with E-state index in [0.29, 0.717) is 19.5 Å². The fourth-order valence-electron chi connectivity index (χ4n) is 4.48. The molecule has 0 radical (unpaired) electrons. The highest BCUT2D eigenvalue weighted by Crippen LogP contribution is 2.54. The van der Waals surface area contributed by atoms with E-state index >= 15 is 0 Å². The number of nitrogens with one attached hydrogen (secondary N) is 1. The van der Waals surface area contributed by atoms with Crippen molar-refractivity contribution in [1.29, 1.82) is 0 Å². The molecule has 2 aromatic rings. The van der Waals surface area contributed by atoms with E-state index in [4.69, 9.17) is 0 Å². The Morgan fingerprint density at radius 2 is 1.71 bits per heavy atom. The average molecular weight is 425 g/mol. The molecule has 4 rings (SSSR count). The van der Waals surface area contributed by atoms with Crippen molar-refractivity contribution in [3.63, 3.8) is 0 Å². The lowest BCUT2D eigenvalue weighted by Gasteiger charge is -2.33. The number of likely N-dealkylation sites (tertiary alicyclic amines) is 1. The lowest BCUT2D eigenvalue weighted by molar-refractivity contribution is -0.132. The summed E-state index contributed by atoms with van der Waals surface area (Å²) in [4.78, 5) is 51.2. The SMILES string of the molecule is Cc1ccc(CC(=O)N2CCC3(CC2)CC3NC(=O)c2cc(=O)n(C)c(=O)n2C)cc1. The minimum absolute atomic E-state index is 0.00788. The molecule has 0 bridgehead atoms. The number of carbonyl (C=O) groups is 2. The van der Waals surface area contributed by atoms with E-state index < -0.39 is 17.2 Å². The van der Waals surface area contributed by atoms with Crippen LogP contribution < -0.4 is 16.6 Å². The molecule has 8 heteroatoms. The first kappa shape index (κ1) is 21.1. The summed E-state index contributed by atoms with van der Waals surface area (Å²) in [7, 11) is 2.87. The first-order chi connectivity index (χ1) is 14.7. The number of amides is 2. The molecule has 1 saturated heterocycles. The Hall–Kier alpha value is -3.16. The van der Waals surface area contributed by atoms with E-state index in [1.807, 2.05) is 36.1 Å². The van der Waals surface area contributed by atoms with Gasteiger partial charge in [-0.1, -0.05) is 29.8 Å². The van der Waals surface area contributed by atoms with Gasteiger partial charge in [-0.05, 0) is 37.2 Å². The van der Waals surface area contributed by atoms with Crippen LogP contribution in [0.3, 0.4) is 0 Å². The predicted molar refractivity (Wildman–Crippen MR) is 116 cm³/mol. The molecule has 1 N–H and O–H groups in total. The highest BCUT2D eigenvalue weighted by atomic mass is 16.2. The third-order valence-corrected chi connectivity index (χ3v) is 6.84. The molecule has 1 aromatic carbocycles. The molecular formula is C23H28N4O4. The van der Waals surface area contributed by atoms with Crippen molar-refractivity contribution >= 4 is 11.8 Å². The maximum Gasteiger partial charge on any atom is 0.331 e. The van der Waals surface area contributed by atoms with Gasteiger partial charge in [0, 0.05) is 39.3 Å². The summed E-state index contributed by atoms with van der Waals surface area (Å²) in [5.74, 6) is -0.271. The van der Waals surface area contributed by atoms with Crippen LogP contribution >= 0.6 is 0 Å². The molecule has 1 aliphatic heterocycles. The van der Waals surface area contributed by atoms with Gasteiger partial charge in [-0.15, -0.1) is 0 Å². The number of aryl methyl sites for hydroxylation is 1. The van der Waals surface area contributed by atoms with Crippen LogP contribution in [0, 0.1) is 12.3 Å². The first-order valence-electron chi connectivity index (χ1n) is 10.6. The standard InChI is InChI=1S/C23H28N4O4/c1-15-4-6-16(7-5-15)12-20(29)27-10-8-23(9-11-27)14-18(23)24-21(30)17-13-19(28)26(3)22(31)25(17)2/h4-7,13,18H,8-12,14H2,1-3H3,(H,24,30). The van der Waals surface area contributed by atoms with Crippen molar-refractivity contribution in [1.82, 2.24) is 19.4 Å². The van der Waals surface area contributed by atoms with Crippen molar-refractivity contribution < 1.29 is 9.59 Å². The van der Waals surface area contributed by atoms with E-state index in [1.54, 1.807) is 0 Å². The fraction of sp³-hybridized carbons (Fsp3) is 0.478. The van der Waals surface area contributed by atoms with E-state index in [0.717, 1.165) is 29.4 Å². The maximum atomic E-state index is 12.7. The normalized spacial score (nSPS) is 19.3. The van der Waals surface area contributed by atoms with Gasteiger partial charge in [0.1, 0.15) is 5.69 Å². The van der Waals surface area contributed by atoms with Gasteiger partial charge >= 0.3 is 5.69 Å². The first-order valence-corrected chi connectivity index (χ1v) is 10.6. The van der Waals surface area contributed by atoms with Gasteiger partial charge in [-0.2, -0.15) is 0 Å². The van der Waals surface area contributed by atoms with Crippen LogP contribution in [0.15, 0.2) is 39.9 Å². The van der Waals surface area contributed by atoms with E-state index in [-0.39, 0.29) is 23.1 Å². The average Bonchev–Trinajstić information content (AvgIpc) is 3.41. The predicted octanol–water partition coefficient (Wildman–Crippen LogP) is 0.746. The van der Waals surface area contributed by atoms with Crippen molar-refractivity contribution in [2.45, 2.75) is 38.6 Å². The number of carbonyl (C=O) groups excluding carboxylic acids is 2. The van der Waals surface area contributed by atoms with Gasteiger partial charge < -0.3 is 10.2 Å². The number of rotatable bonds is 4. The van der Waals surface area contributed by atoms with Crippen LogP contribution in [0.4, 0.5) is 0 Å². The highest BCUT2D eigenvalue weighted by molar-refractivity contribution is 5.93. The fourth-order valence-corrected chi connectivity index (χ4v) is 4.48. The molecule has 31 heavy (non-hydrogen) atoms. The number of aromatic nitrogens is 2. The van der Waals surface area contributed by atoms with E-state index in [9.17, 15) is 19.2 Å². The molecule has 2 aliphatic rings. The Morgan fingerprint density at radius 3 is 2.35 bits per heavy atom. The van der Waals surface area contributed by atoms with Crippen LogP contribution in [0.2, 0.25) is 0 Å². The molecule has 1 spiro atoms. The number of piperidine rings is 1. The molecule has 1 unspecified atom stereocenters. The smallest absolute Gasteiger partial charge is 0.331 e. The van der Waals surface area contributed by atoms with Crippen molar-refractivity contribution in [2.75, 3.05) is 13.1 Å². The zero-order valence-corrected chi connectivity index (χ0v) is 18.2. The van der Waals surface area contributed by atoms with Crippen LogP contribution in [-0.2, 0) is 25.3 Å². The lowest BCUT2D eigenvalue weighted by Crippen LogP contribution is -2.44. The Kier molecular flexibility index (Phi) is 5.33. The summed E-state index contributed by atoms with van der Waals surface area (Å²) in [6.45, 7) is 3.39. The Bertz CT molecular complexity index is 1140. The Morgan fingerprint density at radius 1 is 1.06 bits per heavy atom. The molecule has 1 saturated carbocycles. The summed E-state index contributed by atoms with van der Waals surface area (Å²) in [6, 6.07) is 9.23. The molecule has 164 valence electrons. The van der Waals surface area contributed by atoms with Crippen molar-refractivity contribution in [3.8, 4) is 0 Å².